The highest BCUT2D eigenvalue weighted by molar-refractivity contribution is 5.92. The lowest BCUT2D eigenvalue weighted by Gasteiger charge is -2.05. The van der Waals surface area contributed by atoms with Crippen LogP contribution in [0.4, 0.5) is 0 Å². The Labute approximate surface area is 151 Å². The van der Waals surface area contributed by atoms with Crippen LogP contribution >= 0.6 is 0 Å². The minimum atomic E-state index is -0.722. The Balaban J connectivity index is 0.000000254. The summed E-state index contributed by atoms with van der Waals surface area (Å²) in [6, 6.07) is 7.31. The van der Waals surface area contributed by atoms with Crippen LogP contribution in [-0.2, 0) is 4.79 Å². The number of likely N-dealkylation sites (tertiary alicyclic amines) is 1. The minimum absolute atomic E-state index is 0.148. The zero-order valence-electron chi connectivity index (χ0n) is 14.6. The number of aryl methyl sites for hydroxylation is 1. The monoisotopic (exact) mass is 352 g/mol. The lowest BCUT2D eigenvalue weighted by Crippen LogP contribution is -2.24. The van der Waals surface area contributed by atoms with Crippen LogP contribution in [0.5, 0.6) is 0 Å². The van der Waals surface area contributed by atoms with E-state index >= 15 is 0 Å². The summed E-state index contributed by atoms with van der Waals surface area (Å²) in [6.45, 7) is 2.38. The van der Waals surface area contributed by atoms with Gasteiger partial charge in [0, 0.05) is 24.7 Å². The molecular weight excluding hydrogens is 332 g/mol. The van der Waals surface area contributed by atoms with E-state index in [1.165, 1.54) is 4.90 Å². The normalized spacial score (nSPS) is 15.8. The number of hydrogen-bond acceptors (Lipinski definition) is 5. The Bertz CT molecular complexity index is 861. The number of aliphatic hydroxyl groups is 1. The van der Waals surface area contributed by atoms with Crippen molar-refractivity contribution in [3.05, 3.63) is 47.4 Å². The Morgan fingerprint density at radius 2 is 2.19 bits per heavy atom. The van der Waals surface area contributed by atoms with Crippen LogP contribution < -0.4 is 5.73 Å². The van der Waals surface area contributed by atoms with Gasteiger partial charge in [-0.3, -0.25) is 14.6 Å². The van der Waals surface area contributed by atoms with E-state index in [4.69, 9.17) is 17.3 Å². The molecule has 134 valence electrons. The van der Waals surface area contributed by atoms with E-state index in [1.807, 2.05) is 24.3 Å². The van der Waals surface area contributed by atoms with E-state index in [-0.39, 0.29) is 11.6 Å². The van der Waals surface area contributed by atoms with Crippen LogP contribution in [0, 0.1) is 19.3 Å². The maximum absolute atomic E-state index is 11.2. The molecule has 1 saturated heterocycles. The smallest absolute Gasteiger partial charge is 0.269 e. The number of primary amides is 1. The fourth-order valence-corrected chi connectivity index (χ4v) is 2.39. The van der Waals surface area contributed by atoms with Gasteiger partial charge in [0.25, 0.3) is 11.8 Å². The minimum Gasteiger partial charge on any atom is -0.383 e. The van der Waals surface area contributed by atoms with Crippen LogP contribution in [0.1, 0.15) is 28.2 Å². The van der Waals surface area contributed by atoms with Gasteiger partial charge in [-0.1, -0.05) is 18.1 Å². The summed E-state index contributed by atoms with van der Waals surface area (Å²) >= 11 is 0. The molecule has 0 aliphatic carbocycles. The molecule has 0 bridgehead atoms. The molecule has 1 aromatic heterocycles. The number of carbonyl (C=O) groups excluding carboxylic acids is 2. The van der Waals surface area contributed by atoms with E-state index in [2.05, 4.69) is 15.9 Å². The highest BCUT2D eigenvalue weighted by Gasteiger charge is 2.25. The fourth-order valence-electron chi connectivity index (χ4n) is 2.39. The van der Waals surface area contributed by atoms with Crippen molar-refractivity contribution in [3.63, 3.8) is 0 Å². The summed E-state index contributed by atoms with van der Waals surface area (Å²) in [6.07, 6.45) is 6.80. The number of aromatic nitrogens is 2. The molecule has 1 aliphatic heterocycles. The zero-order valence-corrected chi connectivity index (χ0v) is 14.6. The summed E-state index contributed by atoms with van der Waals surface area (Å²) < 4.78 is 0. The van der Waals surface area contributed by atoms with Crippen molar-refractivity contribution in [2.45, 2.75) is 19.4 Å². The van der Waals surface area contributed by atoms with Crippen LogP contribution in [0.15, 0.2) is 30.5 Å². The zero-order chi connectivity index (χ0) is 19.3. The molecule has 2 amide bonds. The second kappa shape index (κ2) is 8.23. The number of rotatable bonds is 2. The first-order valence-electron chi connectivity index (χ1n) is 7.97. The van der Waals surface area contributed by atoms with Gasteiger partial charge in [0.2, 0.25) is 0 Å². The van der Waals surface area contributed by atoms with Gasteiger partial charge >= 0.3 is 0 Å². The van der Waals surface area contributed by atoms with Crippen LogP contribution in [-0.4, -0.2) is 51.5 Å². The number of nitrogens with two attached hydrogens (primary N) is 1. The molecule has 1 atom stereocenters. The predicted octanol–water partition coefficient (Wildman–Crippen LogP) is 0.742. The van der Waals surface area contributed by atoms with Crippen molar-refractivity contribution >= 4 is 11.8 Å². The van der Waals surface area contributed by atoms with Crippen molar-refractivity contribution < 1.29 is 14.7 Å². The average molecular weight is 352 g/mol. The second-order valence-electron chi connectivity index (χ2n) is 5.84. The number of likely N-dealkylation sites (N-methyl/N-ethyl adjacent to an activating group) is 1. The second-order valence-corrected chi connectivity index (χ2v) is 5.84. The Morgan fingerprint density at radius 3 is 2.69 bits per heavy atom. The Hall–Kier alpha value is -3.24. The highest BCUT2D eigenvalue weighted by atomic mass is 16.3. The molecular formula is C19H20N4O3. The number of nitrogens with zero attached hydrogens (tertiary/aromatic N) is 3. The third kappa shape index (κ3) is 4.43. The van der Waals surface area contributed by atoms with Gasteiger partial charge in [0.05, 0.1) is 17.6 Å². The number of hydrogen-bond donors (Lipinski definition) is 2. The highest BCUT2D eigenvalue weighted by Crippen LogP contribution is 2.18. The van der Waals surface area contributed by atoms with Gasteiger partial charge in [-0.05, 0) is 25.5 Å². The third-order valence-electron chi connectivity index (χ3n) is 3.91. The van der Waals surface area contributed by atoms with E-state index in [0.29, 0.717) is 24.4 Å². The van der Waals surface area contributed by atoms with Crippen LogP contribution in [0.2, 0.25) is 0 Å². The average Bonchev–Trinajstić information content (AvgIpc) is 2.93. The molecule has 3 N–H and O–H groups in total. The molecule has 1 aromatic carbocycles. The van der Waals surface area contributed by atoms with Crippen molar-refractivity contribution in [1.82, 2.24) is 14.9 Å². The molecule has 0 unspecified atom stereocenters. The number of terminal acetylenes is 1. The van der Waals surface area contributed by atoms with Crippen molar-refractivity contribution in [2.24, 2.45) is 5.73 Å². The summed E-state index contributed by atoms with van der Waals surface area (Å²) in [7, 11) is 1.69. The third-order valence-corrected chi connectivity index (χ3v) is 3.91. The lowest BCUT2D eigenvalue weighted by molar-refractivity contribution is -0.133. The van der Waals surface area contributed by atoms with Crippen molar-refractivity contribution in [1.29, 1.82) is 0 Å². The maximum atomic E-state index is 11.2. The predicted molar refractivity (Wildman–Crippen MR) is 96.9 cm³/mol. The number of aliphatic hydroxyl groups excluding tert-OH is 1. The van der Waals surface area contributed by atoms with Crippen molar-refractivity contribution in [3.8, 4) is 23.6 Å². The molecule has 1 aliphatic rings. The topological polar surface area (TPSA) is 109 Å². The molecule has 7 nitrogen and oxygen atoms in total. The summed E-state index contributed by atoms with van der Waals surface area (Å²) in [5, 5.41) is 8.78. The van der Waals surface area contributed by atoms with Gasteiger partial charge in [0.15, 0.2) is 0 Å². The lowest BCUT2D eigenvalue weighted by atomic mass is 10.1. The van der Waals surface area contributed by atoms with Gasteiger partial charge in [-0.25, -0.2) is 4.98 Å². The van der Waals surface area contributed by atoms with Gasteiger partial charge < -0.3 is 15.7 Å². The molecule has 26 heavy (non-hydrogen) atoms. The standard InChI is InChI=1S/C14H11N3O.C5H9NO2/c1-3-10-5-4-6-11(7-10)12-8-16-9(2)13(17-12)14(15)18;1-6-3-2-4(7)5(6)8/h1,4-8H,2H3,(H2,15,18);4,7H,2-3H2,1H3/t;4-/m.0/s1. The fraction of sp³-hybridized carbons (Fsp3) is 0.263. The summed E-state index contributed by atoms with van der Waals surface area (Å²) in [5.74, 6) is 1.81. The Kier molecular flexibility index (Phi) is 6.04. The first kappa shape index (κ1) is 19.1. The molecule has 1 fully saturated rings. The molecule has 0 spiro atoms. The Morgan fingerprint density at radius 1 is 1.46 bits per heavy atom. The maximum Gasteiger partial charge on any atom is 0.269 e. The molecule has 0 saturated carbocycles. The first-order chi connectivity index (χ1) is 12.3. The number of carbonyl (C=O) groups is 2. The van der Waals surface area contributed by atoms with Crippen molar-refractivity contribution in [2.75, 3.05) is 13.6 Å². The number of benzene rings is 1. The molecule has 2 heterocycles. The largest absolute Gasteiger partial charge is 0.383 e. The van der Waals surface area contributed by atoms with Gasteiger partial charge in [-0.2, -0.15) is 0 Å². The summed E-state index contributed by atoms with van der Waals surface area (Å²) in [4.78, 5) is 31.7. The van der Waals surface area contributed by atoms with E-state index in [1.54, 1.807) is 20.2 Å². The number of amides is 2. The van der Waals surface area contributed by atoms with Gasteiger partial charge in [-0.15, -0.1) is 6.42 Å². The van der Waals surface area contributed by atoms with Gasteiger partial charge in [0.1, 0.15) is 11.8 Å². The van der Waals surface area contributed by atoms with Crippen LogP contribution in [0.25, 0.3) is 11.3 Å². The van der Waals surface area contributed by atoms with E-state index < -0.39 is 12.0 Å². The summed E-state index contributed by atoms with van der Waals surface area (Å²) in [5.41, 5.74) is 8.06. The quantitative estimate of drug-likeness (QED) is 0.775. The van der Waals surface area contributed by atoms with E-state index in [0.717, 1.165) is 11.1 Å². The first-order valence-corrected chi connectivity index (χ1v) is 7.97. The SMILES string of the molecule is C#Cc1cccc(-c2cnc(C)c(C(N)=O)n2)c1.CN1CC[C@H](O)C1=O. The molecule has 7 heteroatoms. The molecule has 0 radical (unpaired) electrons. The molecule has 2 aromatic rings. The molecule has 3 rings (SSSR count). The van der Waals surface area contributed by atoms with Crippen LogP contribution in [0.3, 0.4) is 0 Å². The van der Waals surface area contributed by atoms with E-state index in [9.17, 15) is 9.59 Å².